The first-order valence-corrected chi connectivity index (χ1v) is 10.3. The molecule has 12 heteroatoms. The minimum absolute atomic E-state index is 0.0490. The molecule has 1 aliphatic heterocycles. The Morgan fingerprint density at radius 1 is 1.21 bits per heavy atom. The Morgan fingerprint density at radius 2 is 2.00 bits per heavy atom. The van der Waals surface area contributed by atoms with Crippen LogP contribution in [-0.4, -0.2) is 52.5 Å². The Morgan fingerprint density at radius 3 is 2.73 bits per heavy atom. The highest BCUT2D eigenvalue weighted by Gasteiger charge is 2.30. The maximum absolute atomic E-state index is 13.0. The van der Waals surface area contributed by atoms with Gasteiger partial charge < -0.3 is 14.8 Å². The number of halogens is 4. The highest BCUT2D eigenvalue weighted by Crippen LogP contribution is 2.33. The standard InChI is InChI=1S/C21H20ClF3N6O2/c1-32-17(33-2)9-26-18-15-7-16(28-19(15)30-20(22)29-18)13-8-27-31(11-13)10-12-4-3-5-14(6-12)21(23,24)25/h3-6,8,11,17H,7,9-10H2,1-2H3,(H,26,29,30). The van der Waals surface area contributed by atoms with E-state index < -0.39 is 18.0 Å². The molecule has 0 unspecified atom stereocenters. The second kappa shape index (κ2) is 9.46. The largest absolute Gasteiger partial charge is 0.416 e. The molecule has 4 rings (SSSR count). The number of hydrogen-bond acceptors (Lipinski definition) is 7. The van der Waals surface area contributed by atoms with Gasteiger partial charge in [0.2, 0.25) is 5.28 Å². The molecule has 0 spiro atoms. The van der Waals surface area contributed by atoms with Crippen molar-refractivity contribution in [3.8, 4) is 0 Å². The first-order valence-electron chi connectivity index (χ1n) is 9.89. The summed E-state index contributed by atoms with van der Waals surface area (Å²) in [6, 6.07) is 5.17. The summed E-state index contributed by atoms with van der Waals surface area (Å²) in [7, 11) is 3.07. The van der Waals surface area contributed by atoms with Crippen LogP contribution in [0, 0.1) is 0 Å². The summed E-state index contributed by atoms with van der Waals surface area (Å²) >= 11 is 6.05. The lowest BCUT2D eigenvalue weighted by Crippen LogP contribution is -2.24. The molecule has 0 amide bonds. The Bertz CT molecular complexity index is 1180. The summed E-state index contributed by atoms with van der Waals surface area (Å²) in [6.45, 7) is 0.537. The maximum Gasteiger partial charge on any atom is 0.416 e. The zero-order valence-corrected chi connectivity index (χ0v) is 18.5. The third-order valence-electron chi connectivity index (χ3n) is 5.07. The van der Waals surface area contributed by atoms with Crippen molar-refractivity contribution in [1.82, 2.24) is 19.7 Å². The summed E-state index contributed by atoms with van der Waals surface area (Å²) in [5, 5.41) is 7.47. The molecule has 0 radical (unpaired) electrons. The number of aliphatic imine (C=N–C) groups is 1. The molecular formula is C21H20ClF3N6O2. The molecule has 8 nitrogen and oxygen atoms in total. The molecule has 0 saturated carbocycles. The molecule has 0 saturated heterocycles. The van der Waals surface area contributed by atoms with Crippen LogP contribution in [-0.2, 0) is 28.6 Å². The van der Waals surface area contributed by atoms with E-state index in [1.165, 1.54) is 20.3 Å². The van der Waals surface area contributed by atoms with Gasteiger partial charge in [-0.2, -0.15) is 23.3 Å². The third-order valence-corrected chi connectivity index (χ3v) is 5.24. The number of nitrogens with one attached hydrogen (secondary N) is 1. The van der Waals surface area contributed by atoms with Crippen LogP contribution in [0.2, 0.25) is 5.28 Å². The Hall–Kier alpha value is -3.02. The van der Waals surface area contributed by atoms with Gasteiger partial charge in [0.25, 0.3) is 0 Å². The normalized spacial score (nSPS) is 13.4. The van der Waals surface area contributed by atoms with Gasteiger partial charge >= 0.3 is 6.18 Å². The van der Waals surface area contributed by atoms with E-state index in [4.69, 9.17) is 21.1 Å². The zero-order chi connectivity index (χ0) is 23.6. The quantitative estimate of drug-likeness (QED) is 0.386. The molecule has 1 aliphatic rings. The van der Waals surface area contributed by atoms with E-state index in [1.807, 2.05) is 0 Å². The second-order valence-electron chi connectivity index (χ2n) is 7.29. The van der Waals surface area contributed by atoms with Crippen LogP contribution < -0.4 is 5.32 Å². The average Bonchev–Trinajstić information content (AvgIpc) is 3.41. The molecule has 3 aromatic rings. The monoisotopic (exact) mass is 480 g/mol. The number of hydrogen-bond donors (Lipinski definition) is 1. The van der Waals surface area contributed by atoms with Gasteiger partial charge in [0, 0.05) is 38.0 Å². The van der Waals surface area contributed by atoms with Crippen molar-refractivity contribution < 1.29 is 22.6 Å². The zero-order valence-electron chi connectivity index (χ0n) is 17.7. The summed E-state index contributed by atoms with van der Waals surface area (Å²) in [6.07, 6.45) is -1.07. The lowest BCUT2D eigenvalue weighted by atomic mass is 10.1. The number of ether oxygens (including phenoxy) is 2. The van der Waals surface area contributed by atoms with Crippen molar-refractivity contribution in [3.63, 3.8) is 0 Å². The number of rotatable bonds is 8. The Kier molecular flexibility index (Phi) is 6.63. The summed E-state index contributed by atoms with van der Waals surface area (Å²) in [4.78, 5) is 13.0. The third kappa shape index (κ3) is 5.32. The molecular weight excluding hydrogens is 461 g/mol. The maximum atomic E-state index is 13.0. The molecule has 0 fully saturated rings. The number of alkyl halides is 3. The lowest BCUT2D eigenvalue weighted by molar-refractivity contribution is -0.137. The highest BCUT2D eigenvalue weighted by molar-refractivity contribution is 6.28. The van der Waals surface area contributed by atoms with E-state index >= 15 is 0 Å². The predicted octanol–water partition coefficient (Wildman–Crippen LogP) is 4.10. The number of nitrogens with zero attached hydrogens (tertiary/aromatic N) is 5. The van der Waals surface area contributed by atoms with Gasteiger partial charge in [0.15, 0.2) is 12.1 Å². The average molecular weight is 481 g/mol. The van der Waals surface area contributed by atoms with Crippen molar-refractivity contribution in [2.24, 2.45) is 4.99 Å². The van der Waals surface area contributed by atoms with Crippen molar-refractivity contribution in [3.05, 3.63) is 64.2 Å². The summed E-state index contributed by atoms with van der Waals surface area (Å²) in [5.41, 5.74) is 2.00. The number of anilines is 1. The number of fused-ring (bicyclic) bond motifs is 1. The number of benzene rings is 1. The minimum Gasteiger partial charge on any atom is -0.365 e. The smallest absolute Gasteiger partial charge is 0.365 e. The van der Waals surface area contributed by atoms with E-state index in [0.717, 1.165) is 23.3 Å². The fraction of sp³-hybridized carbons (Fsp3) is 0.333. The number of aromatic nitrogens is 4. The van der Waals surface area contributed by atoms with Gasteiger partial charge in [-0.05, 0) is 29.3 Å². The van der Waals surface area contributed by atoms with E-state index in [0.29, 0.717) is 35.9 Å². The Labute approximate surface area is 192 Å². The second-order valence-corrected chi connectivity index (χ2v) is 7.62. The van der Waals surface area contributed by atoms with Crippen molar-refractivity contribution >= 4 is 28.9 Å². The fourth-order valence-electron chi connectivity index (χ4n) is 3.42. The molecule has 0 atom stereocenters. The van der Waals surface area contributed by atoms with Gasteiger partial charge in [-0.15, -0.1) is 0 Å². The molecule has 2 aromatic heterocycles. The SMILES string of the molecule is COC(CNc1nc(Cl)nc2c1CC(c1cnn(Cc3cccc(C(F)(F)F)c3)c1)=N2)OC. The summed E-state index contributed by atoms with van der Waals surface area (Å²) < 4.78 is 50.8. The van der Waals surface area contributed by atoms with Gasteiger partial charge in [-0.25, -0.2) is 9.98 Å². The van der Waals surface area contributed by atoms with Crippen LogP contribution in [0.4, 0.5) is 24.8 Å². The van der Waals surface area contributed by atoms with Crippen LogP contribution in [0.5, 0.6) is 0 Å². The van der Waals surface area contributed by atoms with Crippen LogP contribution in [0.15, 0.2) is 41.7 Å². The summed E-state index contributed by atoms with van der Waals surface area (Å²) in [5.74, 6) is 0.976. The fourth-order valence-corrected chi connectivity index (χ4v) is 3.59. The number of methoxy groups -OCH3 is 2. The first kappa shape index (κ1) is 23.1. The first-order chi connectivity index (χ1) is 15.8. The van der Waals surface area contributed by atoms with E-state index in [9.17, 15) is 13.2 Å². The molecule has 3 heterocycles. The van der Waals surface area contributed by atoms with E-state index in [-0.39, 0.29) is 11.8 Å². The Balaban J connectivity index is 1.50. The van der Waals surface area contributed by atoms with Crippen LogP contribution >= 0.6 is 11.6 Å². The van der Waals surface area contributed by atoms with Crippen molar-refractivity contribution in [2.45, 2.75) is 25.4 Å². The van der Waals surface area contributed by atoms with Gasteiger partial charge in [0.05, 0.1) is 30.6 Å². The van der Waals surface area contributed by atoms with E-state index in [1.54, 1.807) is 23.1 Å². The highest BCUT2D eigenvalue weighted by atomic mass is 35.5. The van der Waals surface area contributed by atoms with Crippen LogP contribution in [0.25, 0.3) is 0 Å². The lowest BCUT2D eigenvalue weighted by Gasteiger charge is -2.15. The topological polar surface area (TPSA) is 86.5 Å². The van der Waals surface area contributed by atoms with Gasteiger partial charge in [-0.3, -0.25) is 4.68 Å². The van der Waals surface area contributed by atoms with E-state index in [2.05, 4.69) is 25.4 Å². The van der Waals surface area contributed by atoms with Gasteiger partial charge in [-0.1, -0.05) is 12.1 Å². The molecule has 1 aromatic carbocycles. The molecule has 33 heavy (non-hydrogen) atoms. The predicted molar refractivity (Wildman–Crippen MR) is 116 cm³/mol. The molecule has 174 valence electrons. The molecule has 0 aliphatic carbocycles. The van der Waals surface area contributed by atoms with Crippen LogP contribution in [0.3, 0.4) is 0 Å². The van der Waals surface area contributed by atoms with Crippen LogP contribution in [0.1, 0.15) is 22.3 Å². The minimum atomic E-state index is -4.39. The molecule has 1 N–H and O–H groups in total. The van der Waals surface area contributed by atoms with Gasteiger partial charge in [0.1, 0.15) is 5.82 Å². The van der Waals surface area contributed by atoms with Crippen molar-refractivity contribution in [2.75, 3.05) is 26.1 Å². The molecule has 0 bridgehead atoms. The van der Waals surface area contributed by atoms with Crippen molar-refractivity contribution in [1.29, 1.82) is 0 Å².